The van der Waals surface area contributed by atoms with Gasteiger partial charge in [0.1, 0.15) is 0 Å². The van der Waals surface area contributed by atoms with Crippen molar-refractivity contribution >= 4 is 15.9 Å². The highest BCUT2D eigenvalue weighted by Gasteiger charge is 2.17. The predicted octanol–water partition coefficient (Wildman–Crippen LogP) is -1.37. The molecule has 1 fully saturated rings. The molecule has 0 aromatic carbocycles. The molecule has 1 rings (SSSR count). The molecule has 1 heterocycles. The van der Waals surface area contributed by atoms with Crippen LogP contribution in [-0.4, -0.2) is 94.1 Å². The first-order chi connectivity index (χ1) is 9.32. The van der Waals surface area contributed by atoms with Crippen molar-refractivity contribution in [3.05, 3.63) is 0 Å². The van der Waals surface area contributed by atoms with Crippen LogP contribution in [-0.2, 0) is 14.8 Å². The van der Waals surface area contributed by atoms with Crippen molar-refractivity contribution < 1.29 is 13.2 Å². The molecule has 0 atom stereocenters. The third-order valence-corrected chi connectivity index (χ3v) is 4.91. The van der Waals surface area contributed by atoms with E-state index < -0.39 is 10.0 Å². The Morgan fingerprint density at radius 3 is 2.25 bits per heavy atom. The van der Waals surface area contributed by atoms with Gasteiger partial charge in [-0.15, -0.1) is 0 Å². The summed E-state index contributed by atoms with van der Waals surface area (Å²) >= 11 is 0. The highest BCUT2D eigenvalue weighted by molar-refractivity contribution is 7.88. The van der Waals surface area contributed by atoms with Crippen LogP contribution in [0.4, 0.5) is 0 Å². The van der Waals surface area contributed by atoms with E-state index in [1.165, 1.54) is 11.4 Å². The van der Waals surface area contributed by atoms with Gasteiger partial charge in [-0.2, -0.15) is 0 Å². The van der Waals surface area contributed by atoms with Gasteiger partial charge in [0.2, 0.25) is 15.9 Å². The number of amides is 1. The average Bonchev–Trinajstić information content (AvgIpc) is 2.38. The summed E-state index contributed by atoms with van der Waals surface area (Å²) in [6.45, 7) is 8.04. The van der Waals surface area contributed by atoms with E-state index >= 15 is 0 Å². The summed E-state index contributed by atoms with van der Waals surface area (Å²) in [7, 11) is -1.67. The zero-order valence-corrected chi connectivity index (χ0v) is 13.4. The molecule has 8 heteroatoms. The quantitative estimate of drug-likeness (QED) is 0.628. The lowest BCUT2D eigenvalue weighted by Gasteiger charge is -2.33. The van der Waals surface area contributed by atoms with Crippen LogP contribution in [0.2, 0.25) is 0 Å². The number of rotatable bonds is 7. The third kappa shape index (κ3) is 6.17. The molecule has 1 saturated heterocycles. The van der Waals surface area contributed by atoms with Crippen LogP contribution in [0.5, 0.6) is 0 Å². The molecule has 0 aliphatic carbocycles. The van der Waals surface area contributed by atoms with Gasteiger partial charge in [0, 0.05) is 46.3 Å². The summed E-state index contributed by atoms with van der Waals surface area (Å²) < 4.78 is 23.6. The van der Waals surface area contributed by atoms with Crippen molar-refractivity contribution in [3.63, 3.8) is 0 Å². The number of carbonyl (C=O) groups excluding carboxylic acids is 1. The summed E-state index contributed by atoms with van der Waals surface area (Å²) in [6, 6.07) is 0. The number of hydrogen-bond acceptors (Lipinski definition) is 5. The highest BCUT2D eigenvalue weighted by atomic mass is 32.2. The molecule has 0 saturated carbocycles. The topological polar surface area (TPSA) is 73.0 Å². The van der Waals surface area contributed by atoms with E-state index in [0.29, 0.717) is 19.6 Å². The SMILES string of the molecule is CCN1CCN(CC(=O)NCCN(C)S(C)(=O)=O)CC1. The molecule has 0 unspecified atom stereocenters. The van der Waals surface area contributed by atoms with Crippen LogP contribution in [0.1, 0.15) is 6.92 Å². The summed E-state index contributed by atoms with van der Waals surface area (Å²) in [5.41, 5.74) is 0. The van der Waals surface area contributed by atoms with Gasteiger partial charge in [0.25, 0.3) is 0 Å². The summed E-state index contributed by atoms with van der Waals surface area (Å²) in [5, 5.41) is 2.76. The van der Waals surface area contributed by atoms with Gasteiger partial charge in [-0.1, -0.05) is 6.92 Å². The Hall–Kier alpha value is -0.700. The Balaban J connectivity index is 2.18. The summed E-state index contributed by atoms with van der Waals surface area (Å²) in [5.74, 6) is -0.0446. The zero-order valence-electron chi connectivity index (χ0n) is 12.6. The molecule has 20 heavy (non-hydrogen) atoms. The molecule has 7 nitrogen and oxygen atoms in total. The molecular weight excluding hydrogens is 280 g/mol. The fourth-order valence-electron chi connectivity index (χ4n) is 2.04. The van der Waals surface area contributed by atoms with Crippen LogP contribution >= 0.6 is 0 Å². The fraction of sp³-hybridized carbons (Fsp3) is 0.917. The minimum atomic E-state index is -3.17. The van der Waals surface area contributed by atoms with Gasteiger partial charge in [-0.05, 0) is 6.54 Å². The fourth-order valence-corrected chi connectivity index (χ4v) is 2.46. The number of hydrogen-bond donors (Lipinski definition) is 1. The first-order valence-electron chi connectivity index (χ1n) is 6.95. The third-order valence-electron chi connectivity index (χ3n) is 3.59. The van der Waals surface area contributed by atoms with E-state index in [1.54, 1.807) is 0 Å². The van der Waals surface area contributed by atoms with Crippen LogP contribution < -0.4 is 5.32 Å². The van der Waals surface area contributed by atoms with Gasteiger partial charge in [-0.25, -0.2) is 12.7 Å². The molecule has 0 spiro atoms. The lowest BCUT2D eigenvalue weighted by molar-refractivity contribution is -0.122. The molecule has 1 N–H and O–H groups in total. The van der Waals surface area contributed by atoms with Crippen molar-refractivity contribution in [1.82, 2.24) is 19.4 Å². The minimum Gasteiger partial charge on any atom is -0.354 e. The van der Waals surface area contributed by atoms with Crippen LogP contribution in [0.15, 0.2) is 0 Å². The maximum Gasteiger partial charge on any atom is 0.234 e. The maximum atomic E-state index is 11.8. The second-order valence-corrected chi connectivity index (χ2v) is 7.23. The molecular formula is C12H26N4O3S. The van der Waals surface area contributed by atoms with Crippen molar-refractivity contribution in [1.29, 1.82) is 0 Å². The Morgan fingerprint density at radius 2 is 1.75 bits per heavy atom. The molecule has 0 radical (unpaired) electrons. The second kappa shape index (κ2) is 7.92. The number of sulfonamides is 1. The van der Waals surface area contributed by atoms with Crippen molar-refractivity contribution in [3.8, 4) is 0 Å². The van der Waals surface area contributed by atoms with Gasteiger partial charge in [0.15, 0.2) is 0 Å². The zero-order chi connectivity index (χ0) is 15.2. The molecule has 0 aromatic heterocycles. The van der Waals surface area contributed by atoms with E-state index in [9.17, 15) is 13.2 Å². The first kappa shape index (κ1) is 17.4. The number of likely N-dealkylation sites (N-methyl/N-ethyl adjacent to an activating group) is 2. The molecule has 0 bridgehead atoms. The number of piperazine rings is 1. The second-order valence-electron chi connectivity index (χ2n) is 5.14. The van der Waals surface area contributed by atoms with E-state index in [1.807, 2.05) is 0 Å². The average molecular weight is 306 g/mol. The van der Waals surface area contributed by atoms with E-state index in [0.717, 1.165) is 39.0 Å². The predicted molar refractivity (Wildman–Crippen MR) is 79.0 cm³/mol. The van der Waals surface area contributed by atoms with Crippen molar-refractivity contribution in [2.75, 3.05) is 65.7 Å². The number of nitrogens with zero attached hydrogens (tertiary/aromatic N) is 3. The monoisotopic (exact) mass is 306 g/mol. The maximum absolute atomic E-state index is 11.8. The molecule has 0 aromatic rings. The molecule has 1 aliphatic heterocycles. The van der Waals surface area contributed by atoms with E-state index in [4.69, 9.17) is 0 Å². The Kier molecular flexibility index (Phi) is 6.87. The lowest BCUT2D eigenvalue weighted by Crippen LogP contribution is -2.49. The summed E-state index contributed by atoms with van der Waals surface area (Å²) in [4.78, 5) is 16.2. The van der Waals surface area contributed by atoms with E-state index in [2.05, 4.69) is 22.0 Å². The van der Waals surface area contributed by atoms with Crippen LogP contribution in [0.25, 0.3) is 0 Å². The molecule has 1 amide bonds. The summed E-state index contributed by atoms with van der Waals surface area (Å²) in [6.07, 6.45) is 1.15. The van der Waals surface area contributed by atoms with E-state index in [-0.39, 0.29) is 5.91 Å². The Morgan fingerprint density at radius 1 is 1.20 bits per heavy atom. The van der Waals surface area contributed by atoms with Crippen LogP contribution in [0.3, 0.4) is 0 Å². The number of carbonyl (C=O) groups is 1. The Bertz CT molecular complexity index is 405. The smallest absolute Gasteiger partial charge is 0.234 e. The largest absolute Gasteiger partial charge is 0.354 e. The first-order valence-corrected chi connectivity index (χ1v) is 8.80. The van der Waals surface area contributed by atoms with Gasteiger partial charge < -0.3 is 10.2 Å². The Labute approximate surface area is 121 Å². The van der Waals surface area contributed by atoms with Gasteiger partial charge >= 0.3 is 0 Å². The van der Waals surface area contributed by atoms with Crippen LogP contribution in [0, 0.1) is 0 Å². The normalized spacial score (nSPS) is 18.4. The molecule has 1 aliphatic rings. The minimum absolute atomic E-state index is 0.0446. The molecule has 118 valence electrons. The van der Waals surface area contributed by atoms with Gasteiger partial charge in [0.05, 0.1) is 12.8 Å². The lowest BCUT2D eigenvalue weighted by atomic mass is 10.3. The standard InChI is InChI=1S/C12H26N4O3S/c1-4-15-7-9-16(10-8-15)11-12(17)13-5-6-14(2)20(3,18)19/h4-11H2,1-3H3,(H,13,17). The van der Waals surface area contributed by atoms with Gasteiger partial charge in [-0.3, -0.25) is 9.69 Å². The van der Waals surface area contributed by atoms with Crippen molar-refractivity contribution in [2.24, 2.45) is 0 Å². The number of nitrogens with one attached hydrogen (secondary N) is 1. The van der Waals surface area contributed by atoms with Crippen molar-refractivity contribution in [2.45, 2.75) is 6.92 Å². The highest BCUT2D eigenvalue weighted by Crippen LogP contribution is 2.00.